The van der Waals surface area contributed by atoms with Crippen LogP contribution in [0.25, 0.3) is 0 Å². The summed E-state index contributed by atoms with van der Waals surface area (Å²) in [4.78, 5) is 108. The van der Waals surface area contributed by atoms with Crippen LogP contribution in [0, 0.1) is 11.3 Å². The molecule has 0 spiro atoms. The maximum absolute atomic E-state index is 15.2. The van der Waals surface area contributed by atoms with Gasteiger partial charge in [-0.1, -0.05) is 56.3 Å². The van der Waals surface area contributed by atoms with Gasteiger partial charge in [0.2, 0.25) is 41.4 Å². The molecule has 1 aliphatic carbocycles. The van der Waals surface area contributed by atoms with Gasteiger partial charge < -0.3 is 40.3 Å². The second-order valence-corrected chi connectivity index (χ2v) is 21.5. The Hall–Kier alpha value is -4.27. The molecule has 0 aromatic heterocycles. The van der Waals surface area contributed by atoms with Crippen molar-refractivity contribution in [2.75, 3.05) is 66.6 Å². The first-order valence-corrected chi connectivity index (χ1v) is 26.4. The average Bonchev–Trinajstić information content (AvgIpc) is 4.01. The SMILES string of the molecule is CC(C)C[C@@H]1NC(=O)[C@@H](N(C)C(=O)[C@H](CCCN2CCOCC2)NC(=O)[C@@H]2CCCN2C(=O)C2(C(F)(F)F)CCCCC2)CCCCNC(=O)[C@H]2C[C@@H](F)CN2C(=O)[C@H](Cc2cc(Cl)ccc2Cl)N(C)C1=O. The van der Waals surface area contributed by atoms with Gasteiger partial charge in [-0.25, -0.2) is 4.39 Å². The Morgan fingerprint density at radius 2 is 1.65 bits per heavy atom. The number of fused-ring (bicyclic) bond motifs is 1. The number of rotatable bonds is 13. The number of ether oxygens (including phenoxy) is 1. The fraction of sp³-hybridized carbons (Fsp3) is 0.740. The smallest absolute Gasteiger partial charge is 0.379 e. The van der Waals surface area contributed by atoms with E-state index in [1.54, 1.807) is 18.2 Å². The number of hydrogen-bond donors (Lipinski definition) is 3. The minimum Gasteiger partial charge on any atom is -0.379 e. The van der Waals surface area contributed by atoms with Gasteiger partial charge in [0.15, 0.2) is 0 Å². The van der Waals surface area contributed by atoms with Crippen molar-refractivity contribution < 1.29 is 55.9 Å². The monoisotopic (exact) mass is 1060 g/mol. The molecule has 5 aliphatic rings. The predicted molar refractivity (Wildman–Crippen MR) is 261 cm³/mol. The number of likely N-dealkylation sites (tertiary alicyclic amines) is 1. The number of morpholine rings is 1. The summed E-state index contributed by atoms with van der Waals surface area (Å²) in [6.07, 6.45) is -4.85. The quantitative estimate of drug-likeness (QED) is 0.228. The van der Waals surface area contributed by atoms with Gasteiger partial charge in [-0.15, -0.1) is 0 Å². The topological polar surface area (TPSA) is 181 Å². The maximum Gasteiger partial charge on any atom is 0.403 e. The molecular formula is C50H72Cl2F4N8O8. The van der Waals surface area contributed by atoms with E-state index < -0.39 is 95.4 Å². The number of nitrogens with one attached hydrogen (secondary N) is 3. The third-order valence-electron chi connectivity index (χ3n) is 15.2. The van der Waals surface area contributed by atoms with Crippen molar-refractivity contribution >= 4 is 64.6 Å². The molecule has 4 heterocycles. The van der Waals surface area contributed by atoms with E-state index in [0.29, 0.717) is 69.1 Å². The van der Waals surface area contributed by atoms with Gasteiger partial charge in [-0.2, -0.15) is 13.2 Å². The lowest BCUT2D eigenvalue weighted by Gasteiger charge is -2.41. The van der Waals surface area contributed by atoms with E-state index in [-0.39, 0.29) is 101 Å². The third kappa shape index (κ3) is 13.7. The maximum atomic E-state index is 15.2. The Labute approximate surface area is 429 Å². The molecule has 7 atom stereocenters. The molecule has 6 rings (SSSR count). The van der Waals surface area contributed by atoms with E-state index in [1.165, 1.54) is 23.9 Å². The summed E-state index contributed by atoms with van der Waals surface area (Å²) in [5.41, 5.74) is -2.19. The van der Waals surface area contributed by atoms with Gasteiger partial charge in [0.05, 0.1) is 19.8 Å². The van der Waals surface area contributed by atoms with Gasteiger partial charge >= 0.3 is 6.18 Å². The first-order valence-electron chi connectivity index (χ1n) is 25.6. The van der Waals surface area contributed by atoms with Crippen molar-refractivity contribution in [3.05, 3.63) is 33.8 Å². The van der Waals surface area contributed by atoms with Crippen LogP contribution in [0.1, 0.15) is 109 Å². The Morgan fingerprint density at radius 3 is 2.33 bits per heavy atom. The number of nitrogens with zero attached hydrogens (tertiary/aromatic N) is 5. The lowest BCUT2D eigenvalue weighted by Crippen LogP contribution is -2.61. The summed E-state index contributed by atoms with van der Waals surface area (Å²) < 4.78 is 65.0. The molecule has 4 saturated heterocycles. The van der Waals surface area contributed by atoms with Crippen LogP contribution in [0.2, 0.25) is 10.0 Å². The second-order valence-electron chi connectivity index (χ2n) is 20.6. The molecule has 1 aromatic rings. The molecule has 1 aromatic carbocycles. The van der Waals surface area contributed by atoms with Gasteiger partial charge in [-0.05, 0) is 100 Å². The summed E-state index contributed by atoms with van der Waals surface area (Å²) in [6.45, 7) is 6.23. The van der Waals surface area contributed by atoms with Crippen molar-refractivity contribution in [2.24, 2.45) is 11.3 Å². The van der Waals surface area contributed by atoms with Gasteiger partial charge in [-0.3, -0.25) is 38.5 Å². The number of benzene rings is 1. The molecule has 7 amide bonds. The zero-order valence-electron chi connectivity index (χ0n) is 41.9. The number of alkyl halides is 4. The molecule has 22 heteroatoms. The van der Waals surface area contributed by atoms with E-state index in [1.807, 2.05) is 13.8 Å². The zero-order chi connectivity index (χ0) is 52.5. The van der Waals surface area contributed by atoms with E-state index in [2.05, 4.69) is 20.9 Å². The molecule has 0 unspecified atom stereocenters. The number of halogens is 6. The van der Waals surface area contributed by atoms with E-state index in [9.17, 15) is 46.7 Å². The molecule has 402 valence electrons. The van der Waals surface area contributed by atoms with Gasteiger partial charge in [0.25, 0.3) is 0 Å². The summed E-state index contributed by atoms with van der Waals surface area (Å²) >= 11 is 12.9. The van der Waals surface area contributed by atoms with Crippen molar-refractivity contribution in [1.29, 1.82) is 0 Å². The third-order valence-corrected chi connectivity index (χ3v) is 15.8. The highest BCUT2D eigenvalue weighted by atomic mass is 35.5. The van der Waals surface area contributed by atoms with Crippen LogP contribution in [-0.2, 0) is 44.7 Å². The lowest BCUT2D eigenvalue weighted by atomic mass is 9.72. The molecule has 5 fully saturated rings. The molecule has 0 bridgehead atoms. The predicted octanol–water partition coefficient (Wildman–Crippen LogP) is 5.06. The summed E-state index contributed by atoms with van der Waals surface area (Å²) in [5.74, 6) is -5.39. The first kappa shape index (κ1) is 57.0. The minimum atomic E-state index is -4.82. The number of hydrogen-bond acceptors (Lipinski definition) is 9. The Bertz CT molecular complexity index is 2110. The molecule has 3 N–H and O–H groups in total. The largest absolute Gasteiger partial charge is 0.403 e. The summed E-state index contributed by atoms with van der Waals surface area (Å²) in [5, 5.41) is 9.05. The van der Waals surface area contributed by atoms with Gasteiger partial charge in [0.1, 0.15) is 47.8 Å². The van der Waals surface area contributed by atoms with Crippen LogP contribution in [0.5, 0.6) is 0 Å². The normalized spacial score (nSPS) is 26.8. The van der Waals surface area contributed by atoms with Crippen LogP contribution in [0.4, 0.5) is 17.6 Å². The van der Waals surface area contributed by atoms with Crippen molar-refractivity contribution in [3.8, 4) is 0 Å². The second kappa shape index (κ2) is 25.3. The zero-order valence-corrected chi connectivity index (χ0v) is 43.4. The molecule has 72 heavy (non-hydrogen) atoms. The van der Waals surface area contributed by atoms with Crippen molar-refractivity contribution in [1.82, 2.24) is 40.4 Å². The fourth-order valence-electron chi connectivity index (χ4n) is 11.0. The number of amides is 7. The van der Waals surface area contributed by atoms with Crippen LogP contribution >= 0.6 is 23.2 Å². The molecular weight excluding hydrogens is 987 g/mol. The van der Waals surface area contributed by atoms with E-state index >= 15 is 4.39 Å². The van der Waals surface area contributed by atoms with Crippen molar-refractivity contribution in [3.63, 3.8) is 0 Å². The van der Waals surface area contributed by atoms with Crippen LogP contribution in [-0.4, -0.2) is 181 Å². The van der Waals surface area contributed by atoms with Crippen LogP contribution < -0.4 is 16.0 Å². The molecule has 4 aliphatic heterocycles. The number of carbonyl (C=O) groups excluding carboxylic acids is 7. The Kier molecular flexibility index (Phi) is 20.0. The van der Waals surface area contributed by atoms with Crippen LogP contribution in [0.3, 0.4) is 0 Å². The Balaban J connectivity index is 1.29. The van der Waals surface area contributed by atoms with E-state index in [0.717, 1.165) is 9.80 Å². The summed E-state index contributed by atoms with van der Waals surface area (Å²) in [7, 11) is 2.80. The molecule has 1 saturated carbocycles. The standard InChI is InChI=1S/C50H72Cl2F4N8O8/c1-31(2)26-37-46(69)61(4)41(28-32-27-33(51)15-16-35(32)52)47(70)64-30-34(53)29-40(64)42(65)57-19-9-6-13-38(43(66)59-37)60(3)45(68)36(12-10-20-62-22-24-72-25-23-62)58-44(67)39-14-11-21-63(39)48(71)49(50(54,55)56)17-7-5-8-18-49/h15-16,27,31,34,36-41H,5-14,17-26,28-30H2,1-4H3,(H,57,65)(H,58,67)(H,59,66)/t34-,36+,37+,38+,39+,40-,41+/m1/s1. The summed E-state index contributed by atoms with van der Waals surface area (Å²) in [6, 6.07) is -2.85. The highest BCUT2D eigenvalue weighted by molar-refractivity contribution is 6.33. The number of likely N-dealkylation sites (N-methyl/N-ethyl adjacent to an activating group) is 2. The average molecular weight is 1060 g/mol. The highest BCUT2D eigenvalue weighted by Crippen LogP contribution is 2.51. The minimum absolute atomic E-state index is 0.0394. The first-order chi connectivity index (χ1) is 34.1. The molecule has 16 nitrogen and oxygen atoms in total. The molecule has 0 radical (unpaired) electrons. The van der Waals surface area contributed by atoms with Gasteiger partial charge in [0, 0.05) is 63.2 Å². The fourth-order valence-corrected chi connectivity index (χ4v) is 11.4. The highest BCUT2D eigenvalue weighted by Gasteiger charge is 2.62. The number of carbonyl (C=O) groups is 7. The van der Waals surface area contributed by atoms with Crippen molar-refractivity contribution in [2.45, 2.75) is 159 Å². The lowest BCUT2D eigenvalue weighted by molar-refractivity contribution is -0.236. The van der Waals surface area contributed by atoms with Crippen LogP contribution in [0.15, 0.2) is 18.2 Å². The Morgan fingerprint density at radius 1 is 0.944 bits per heavy atom. The van der Waals surface area contributed by atoms with E-state index in [4.69, 9.17) is 27.9 Å².